The molecule has 32 heavy (non-hydrogen) atoms. The Morgan fingerprint density at radius 3 is 2.25 bits per heavy atom. The number of methoxy groups -OCH3 is 2. The van der Waals surface area contributed by atoms with Crippen LogP contribution in [0, 0.1) is 0 Å². The lowest BCUT2D eigenvalue weighted by molar-refractivity contribution is -0.127. The molecule has 0 aliphatic carbocycles. The van der Waals surface area contributed by atoms with Gasteiger partial charge in [-0.3, -0.25) is 19.3 Å². The molecule has 1 heterocycles. The van der Waals surface area contributed by atoms with Crippen LogP contribution in [0.3, 0.4) is 0 Å². The molecular formula is C23H24N2O6S. The van der Waals surface area contributed by atoms with E-state index < -0.39 is 23.6 Å². The second kappa shape index (κ2) is 9.78. The Balaban J connectivity index is 1.72. The molecule has 2 N–H and O–H groups in total. The Bertz CT molecular complexity index is 1050. The number of thioether (sulfide) groups is 1. The van der Waals surface area contributed by atoms with E-state index in [9.17, 15) is 19.5 Å². The monoisotopic (exact) mass is 456 g/mol. The van der Waals surface area contributed by atoms with Gasteiger partial charge in [0.05, 0.1) is 19.1 Å². The van der Waals surface area contributed by atoms with Gasteiger partial charge in [0.15, 0.2) is 11.5 Å². The number of nitrogens with one attached hydrogen (secondary N) is 1. The number of aromatic hydroxyl groups is 1. The molecule has 3 rings (SSSR count). The Labute approximate surface area is 190 Å². The number of hydrogen-bond acceptors (Lipinski definition) is 7. The molecule has 2 aromatic carbocycles. The summed E-state index contributed by atoms with van der Waals surface area (Å²) in [6, 6.07) is 10.4. The van der Waals surface area contributed by atoms with Crippen molar-refractivity contribution in [1.82, 2.24) is 4.90 Å². The minimum atomic E-state index is -0.573. The minimum Gasteiger partial charge on any atom is -0.502 e. The summed E-state index contributed by atoms with van der Waals surface area (Å²) in [6.45, 7) is 3.76. The van der Waals surface area contributed by atoms with Crippen molar-refractivity contribution in [3.63, 3.8) is 0 Å². The largest absolute Gasteiger partial charge is 0.502 e. The topological polar surface area (TPSA) is 105 Å². The van der Waals surface area contributed by atoms with Crippen LogP contribution in [0.15, 0.2) is 41.3 Å². The number of anilines is 1. The number of carbonyl (C=O) groups excluding carboxylic acids is 3. The second-order valence-corrected chi connectivity index (χ2v) is 8.36. The van der Waals surface area contributed by atoms with E-state index in [2.05, 4.69) is 19.2 Å². The SMILES string of the molecule is COc1cc(/C=C2/SC(=O)N(CC(=O)Nc3ccc(C(C)C)cc3)C2=O)cc(OC)c1O. The summed E-state index contributed by atoms with van der Waals surface area (Å²) in [4.78, 5) is 38.5. The van der Waals surface area contributed by atoms with Gasteiger partial charge in [0.1, 0.15) is 6.54 Å². The van der Waals surface area contributed by atoms with Gasteiger partial charge in [-0.1, -0.05) is 26.0 Å². The van der Waals surface area contributed by atoms with Crippen molar-refractivity contribution in [3.05, 3.63) is 52.4 Å². The molecule has 1 aliphatic heterocycles. The summed E-state index contributed by atoms with van der Waals surface area (Å²) in [5, 5.41) is 12.2. The normalized spacial score (nSPS) is 14.9. The van der Waals surface area contributed by atoms with Gasteiger partial charge in [0.25, 0.3) is 11.1 Å². The van der Waals surface area contributed by atoms with Gasteiger partial charge in [-0.15, -0.1) is 0 Å². The quantitative estimate of drug-likeness (QED) is 0.601. The summed E-state index contributed by atoms with van der Waals surface area (Å²) in [6.07, 6.45) is 1.48. The van der Waals surface area contributed by atoms with Gasteiger partial charge < -0.3 is 19.9 Å². The molecule has 1 saturated heterocycles. The maximum Gasteiger partial charge on any atom is 0.294 e. The van der Waals surface area contributed by atoms with E-state index in [-0.39, 0.29) is 22.2 Å². The molecule has 0 saturated carbocycles. The molecule has 3 amide bonds. The molecular weight excluding hydrogens is 432 g/mol. The van der Waals surface area contributed by atoms with Gasteiger partial charge in [-0.25, -0.2) is 0 Å². The molecule has 0 bridgehead atoms. The summed E-state index contributed by atoms with van der Waals surface area (Å²) < 4.78 is 10.2. The summed E-state index contributed by atoms with van der Waals surface area (Å²) in [5.41, 5.74) is 2.23. The van der Waals surface area contributed by atoms with Crippen molar-refractivity contribution in [2.45, 2.75) is 19.8 Å². The highest BCUT2D eigenvalue weighted by Gasteiger charge is 2.36. The highest BCUT2D eigenvalue weighted by Crippen LogP contribution is 2.39. The van der Waals surface area contributed by atoms with Crippen molar-refractivity contribution in [2.24, 2.45) is 0 Å². The van der Waals surface area contributed by atoms with E-state index in [0.29, 0.717) is 17.2 Å². The molecule has 0 radical (unpaired) electrons. The van der Waals surface area contributed by atoms with Gasteiger partial charge in [0, 0.05) is 5.69 Å². The first-order valence-electron chi connectivity index (χ1n) is 9.83. The van der Waals surface area contributed by atoms with Crippen LogP contribution >= 0.6 is 11.8 Å². The fraction of sp³-hybridized carbons (Fsp3) is 0.261. The molecule has 0 spiro atoms. The summed E-state index contributed by atoms with van der Waals surface area (Å²) in [7, 11) is 2.78. The van der Waals surface area contributed by atoms with Crippen LogP contribution in [-0.4, -0.2) is 47.8 Å². The smallest absolute Gasteiger partial charge is 0.294 e. The first-order valence-corrected chi connectivity index (χ1v) is 10.6. The zero-order valence-electron chi connectivity index (χ0n) is 18.2. The van der Waals surface area contributed by atoms with Crippen molar-refractivity contribution < 1.29 is 29.0 Å². The first-order chi connectivity index (χ1) is 15.2. The Morgan fingerprint density at radius 1 is 1.12 bits per heavy atom. The van der Waals surface area contributed by atoms with E-state index in [4.69, 9.17) is 9.47 Å². The lowest BCUT2D eigenvalue weighted by Gasteiger charge is -2.13. The zero-order chi connectivity index (χ0) is 23.4. The molecule has 9 heteroatoms. The van der Waals surface area contributed by atoms with Gasteiger partial charge in [-0.2, -0.15) is 0 Å². The lowest BCUT2D eigenvalue weighted by Crippen LogP contribution is -2.36. The zero-order valence-corrected chi connectivity index (χ0v) is 19.0. The number of ether oxygens (including phenoxy) is 2. The van der Waals surface area contributed by atoms with Crippen LogP contribution in [-0.2, 0) is 9.59 Å². The number of phenols is 1. The number of carbonyl (C=O) groups is 3. The number of imide groups is 1. The Morgan fingerprint density at radius 2 is 1.72 bits per heavy atom. The first kappa shape index (κ1) is 23.2. The van der Waals surface area contributed by atoms with E-state index in [1.54, 1.807) is 12.1 Å². The van der Waals surface area contributed by atoms with Crippen LogP contribution in [0.2, 0.25) is 0 Å². The minimum absolute atomic E-state index is 0.152. The van der Waals surface area contributed by atoms with Crippen LogP contribution in [0.5, 0.6) is 17.2 Å². The van der Waals surface area contributed by atoms with Gasteiger partial charge >= 0.3 is 0 Å². The van der Waals surface area contributed by atoms with Crippen molar-refractivity contribution in [2.75, 3.05) is 26.1 Å². The molecule has 2 aromatic rings. The average molecular weight is 457 g/mol. The van der Waals surface area contributed by atoms with Crippen LogP contribution < -0.4 is 14.8 Å². The summed E-state index contributed by atoms with van der Waals surface area (Å²) in [5.74, 6) is -0.515. The highest BCUT2D eigenvalue weighted by atomic mass is 32.2. The molecule has 0 atom stereocenters. The number of phenolic OH excluding ortho intramolecular Hbond substituents is 1. The van der Waals surface area contributed by atoms with Crippen LogP contribution in [0.25, 0.3) is 6.08 Å². The third kappa shape index (κ3) is 5.05. The Kier molecular flexibility index (Phi) is 7.09. The second-order valence-electron chi connectivity index (χ2n) is 7.37. The molecule has 168 valence electrons. The van der Waals surface area contributed by atoms with E-state index in [1.165, 1.54) is 32.4 Å². The van der Waals surface area contributed by atoms with Gasteiger partial charge in [-0.05, 0) is 59.1 Å². The third-order valence-corrected chi connectivity index (χ3v) is 5.74. The third-order valence-electron chi connectivity index (χ3n) is 4.84. The fourth-order valence-corrected chi connectivity index (χ4v) is 3.92. The lowest BCUT2D eigenvalue weighted by atomic mass is 10.0. The average Bonchev–Trinajstić information content (AvgIpc) is 3.02. The van der Waals surface area contributed by atoms with E-state index in [0.717, 1.165) is 22.2 Å². The van der Waals surface area contributed by atoms with Crippen LogP contribution in [0.1, 0.15) is 30.9 Å². The predicted octanol–water partition coefficient (Wildman–Crippen LogP) is 4.21. The van der Waals surface area contributed by atoms with Crippen LogP contribution in [0.4, 0.5) is 10.5 Å². The Hall–Kier alpha value is -3.46. The molecule has 0 unspecified atom stereocenters. The van der Waals surface area contributed by atoms with Crippen molar-refractivity contribution in [3.8, 4) is 17.2 Å². The molecule has 0 aromatic heterocycles. The summed E-state index contributed by atoms with van der Waals surface area (Å²) >= 11 is 0.736. The number of amides is 3. The molecule has 1 fully saturated rings. The maximum absolute atomic E-state index is 12.7. The fourth-order valence-electron chi connectivity index (χ4n) is 3.08. The molecule has 1 aliphatic rings. The number of nitrogens with zero attached hydrogens (tertiary/aromatic N) is 1. The maximum atomic E-state index is 12.7. The number of benzene rings is 2. The molecule has 8 nitrogen and oxygen atoms in total. The van der Waals surface area contributed by atoms with Crippen molar-refractivity contribution in [1.29, 1.82) is 0 Å². The van der Waals surface area contributed by atoms with Crippen molar-refractivity contribution >= 4 is 40.6 Å². The van der Waals surface area contributed by atoms with E-state index >= 15 is 0 Å². The standard InChI is InChI=1S/C23H24N2O6S/c1-13(2)15-5-7-16(8-6-15)24-20(26)12-25-22(28)19(32-23(25)29)11-14-9-17(30-3)21(27)18(10-14)31-4/h5-11,13,27H,12H2,1-4H3,(H,24,26)/b19-11+. The number of hydrogen-bond donors (Lipinski definition) is 2. The number of rotatable bonds is 7. The van der Waals surface area contributed by atoms with E-state index in [1.807, 2.05) is 12.1 Å². The highest BCUT2D eigenvalue weighted by molar-refractivity contribution is 8.18. The van der Waals surface area contributed by atoms with Gasteiger partial charge in [0.2, 0.25) is 11.7 Å². The predicted molar refractivity (Wildman–Crippen MR) is 123 cm³/mol.